The lowest BCUT2D eigenvalue weighted by molar-refractivity contribution is -0.144. The Balaban J connectivity index is 1.86. The zero-order valence-corrected chi connectivity index (χ0v) is 18.8. The number of anilines is 1. The number of thioether (sulfide) groups is 1. The van der Waals surface area contributed by atoms with Gasteiger partial charge >= 0.3 is 5.97 Å². The lowest BCUT2D eigenvalue weighted by atomic mass is 9.92. The highest BCUT2D eigenvalue weighted by Crippen LogP contribution is 2.32. The van der Waals surface area contributed by atoms with Crippen LogP contribution in [0.25, 0.3) is 0 Å². The Morgan fingerprint density at radius 2 is 1.71 bits per heavy atom. The number of benzene rings is 1. The summed E-state index contributed by atoms with van der Waals surface area (Å²) in [5.41, 5.74) is 2.99. The summed E-state index contributed by atoms with van der Waals surface area (Å²) in [6.45, 7) is 9.99. The fraction of sp³-hybridized carbons (Fsp3) is 0.571. The molecule has 1 aliphatic rings. The smallest absolute Gasteiger partial charge is 0.316 e. The van der Waals surface area contributed by atoms with Crippen LogP contribution in [0.15, 0.2) is 18.2 Å². The number of likely N-dealkylation sites (tertiary alicyclic amines) is 1. The Bertz CT molecular complexity index is 687. The van der Waals surface area contributed by atoms with Gasteiger partial charge in [0.1, 0.15) is 4.32 Å². The molecule has 1 saturated heterocycles. The highest BCUT2D eigenvalue weighted by molar-refractivity contribution is 8.23. The Morgan fingerprint density at radius 3 is 2.25 bits per heavy atom. The summed E-state index contributed by atoms with van der Waals surface area (Å²) in [4.78, 5) is 26.5. The summed E-state index contributed by atoms with van der Waals surface area (Å²) in [5, 5.41) is 2.95. The van der Waals surface area contributed by atoms with Gasteiger partial charge in [0.05, 0.1) is 5.75 Å². The van der Waals surface area contributed by atoms with Gasteiger partial charge in [0.15, 0.2) is 6.61 Å². The number of esters is 1. The van der Waals surface area contributed by atoms with E-state index in [2.05, 4.69) is 37.9 Å². The van der Waals surface area contributed by atoms with E-state index < -0.39 is 5.97 Å². The number of carbonyl (C=O) groups excluding carboxylic acids is 2. The predicted octanol–water partition coefficient (Wildman–Crippen LogP) is 4.53. The SMILES string of the molecule is CC(C)c1cccc(C(C)C)c1NC(=O)COC(=O)CSC(=S)N1CCCC1. The second kappa shape index (κ2) is 10.8. The number of ether oxygens (including phenoxy) is 1. The summed E-state index contributed by atoms with van der Waals surface area (Å²) in [6, 6.07) is 6.06. The molecule has 2 rings (SSSR count). The zero-order chi connectivity index (χ0) is 20.7. The maximum Gasteiger partial charge on any atom is 0.316 e. The van der Waals surface area contributed by atoms with Crippen LogP contribution in [-0.2, 0) is 14.3 Å². The van der Waals surface area contributed by atoms with E-state index >= 15 is 0 Å². The molecule has 1 aromatic rings. The van der Waals surface area contributed by atoms with Crippen molar-refractivity contribution in [2.24, 2.45) is 0 Å². The number of amides is 1. The number of nitrogens with one attached hydrogen (secondary N) is 1. The summed E-state index contributed by atoms with van der Waals surface area (Å²) < 4.78 is 5.87. The minimum atomic E-state index is -0.428. The number of nitrogens with zero attached hydrogens (tertiary/aromatic N) is 1. The van der Waals surface area contributed by atoms with Crippen LogP contribution in [-0.4, -0.2) is 46.5 Å². The van der Waals surface area contributed by atoms with Gasteiger partial charge in [0.25, 0.3) is 5.91 Å². The molecule has 1 fully saturated rings. The molecule has 0 saturated carbocycles. The van der Waals surface area contributed by atoms with E-state index in [1.54, 1.807) is 0 Å². The van der Waals surface area contributed by atoms with Gasteiger partial charge in [-0.05, 0) is 35.8 Å². The first-order valence-corrected chi connectivity index (χ1v) is 11.2. The molecule has 0 spiro atoms. The summed E-state index contributed by atoms with van der Waals surface area (Å²) >= 11 is 6.64. The fourth-order valence-corrected chi connectivity index (χ4v) is 4.22. The summed E-state index contributed by atoms with van der Waals surface area (Å²) in [6.07, 6.45) is 2.28. The van der Waals surface area contributed by atoms with Crippen molar-refractivity contribution in [3.63, 3.8) is 0 Å². The first kappa shape index (κ1) is 22.7. The quantitative estimate of drug-likeness (QED) is 0.515. The molecule has 0 bridgehead atoms. The second-order valence-corrected chi connectivity index (χ2v) is 9.19. The van der Waals surface area contributed by atoms with Crippen LogP contribution in [0.1, 0.15) is 63.5 Å². The molecule has 1 aliphatic heterocycles. The maximum absolute atomic E-state index is 12.4. The number of thiocarbonyl (C=S) groups is 1. The normalized spacial score (nSPS) is 13.9. The maximum atomic E-state index is 12.4. The van der Waals surface area contributed by atoms with E-state index in [0.29, 0.717) is 0 Å². The number of para-hydroxylation sites is 1. The van der Waals surface area contributed by atoms with Crippen molar-refractivity contribution in [1.29, 1.82) is 0 Å². The van der Waals surface area contributed by atoms with Crippen molar-refractivity contribution >= 4 is 45.9 Å². The zero-order valence-electron chi connectivity index (χ0n) is 17.1. The molecule has 1 aromatic carbocycles. The van der Waals surface area contributed by atoms with Crippen molar-refractivity contribution < 1.29 is 14.3 Å². The summed E-state index contributed by atoms with van der Waals surface area (Å²) in [5.74, 6) is -0.0693. The van der Waals surface area contributed by atoms with Crippen LogP contribution >= 0.6 is 24.0 Å². The molecule has 0 aliphatic carbocycles. The largest absolute Gasteiger partial charge is 0.455 e. The van der Waals surface area contributed by atoms with Crippen LogP contribution in [0.5, 0.6) is 0 Å². The molecule has 154 valence electrons. The number of hydrogen-bond acceptors (Lipinski definition) is 5. The Labute approximate surface area is 177 Å². The lowest BCUT2D eigenvalue weighted by Crippen LogP contribution is -2.26. The minimum absolute atomic E-state index is 0.127. The molecule has 1 amide bonds. The molecule has 0 radical (unpaired) electrons. The minimum Gasteiger partial charge on any atom is -0.455 e. The standard InChI is InChI=1S/C21H30N2O3S2/c1-14(2)16-8-7-9-17(15(3)4)20(16)22-18(24)12-26-19(25)13-28-21(27)23-10-5-6-11-23/h7-9,14-15H,5-6,10-13H2,1-4H3,(H,22,24). The molecule has 1 heterocycles. The Hall–Kier alpha value is -1.60. The van der Waals surface area contributed by atoms with E-state index in [0.717, 1.165) is 47.1 Å². The average Bonchev–Trinajstić information content (AvgIpc) is 3.19. The van der Waals surface area contributed by atoms with Crippen LogP contribution in [0.2, 0.25) is 0 Å². The van der Waals surface area contributed by atoms with Crippen molar-refractivity contribution in [3.8, 4) is 0 Å². The topological polar surface area (TPSA) is 58.6 Å². The molecule has 1 N–H and O–H groups in total. The first-order chi connectivity index (χ1) is 13.3. The molecule has 28 heavy (non-hydrogen) atoms. The van der Waals surface area contributed by atoms with E-state index in [4.69, 9.17) is 17.0 Å². The van der Waals surface area contributed by atoms with Crippen LogP contribution in [0, 0.1) is 0 Å². The van der Waals surface area contributed by atoms with Gasteiger partial charge in [-0.1, -0.05) is 69.9 Å². The number of carbonyl (C=O) groups is 2. The van der Waals surface area contributed by atoms with Gasteiger partial charge in [-0.2, -0.15) is 0 Å². The van der Waals surface area contributed by atoms with E-state index in [-0.39, 0.29) is 30.1 Å². The predicted molar refractivity (Wildman–Crippen MR) is 120 cm³/mol. The molecular weight excluding hydrogens is 392 g/mol. The lowest BCUT2D eigenvalue weighted by Gasteiger charge is -2.20. The van der Waals surface area contributed by atoms with Crippen molar-refractivity contribution in [2.75, 3.05) is 30.8 Å². The van der Waals surface area contributed by atoms with Crippen LogP contribution in [0.3, 0.4) is 0 Å². The number of hydrogen-bond donors (Lipinski definition) is 1. The third kappa shape index (κ3) is 6.48. The fourth-order valence-electron chi connectivity index (χ4n) is 3.17. The van der Waals surface area contributed by atoms with Crippen molar-refractivity contribution in [2.45, 2.75) is 52.4 Å². The van der Waals surface area contributed by atoms with E-state index in [1.165, 1.54) is 11.8 Å². The van der Waals surface area contributed by atoms with Gasteiger partial charge in [-0.25, -0.2) is 0 Å². The van der Waals surface area contributed by atoms with Gasteiger partial charge in [-0.15, -0.1) is 0 Å². The Morgan fingerprint density at radius 1 is 1.14 bits per heavy atom. The average molecular weight is 423 g/mol. The van der Waals surface area contributed by atoms with Gasteiger partial charge < -0.3 is 15.0 Å². The second-order valence-electron chi connectivity index (χ2n) is 7.58. The van der Waals surface area contributed by atoms with E-state index in [1.807, 2.05) is 18.2 Å². The first-order valence-electron chi connectivity index (χ1n) is 9.79. The summed E-state index contributed by atoms with van der Waals surface area (Å²) in [7, 11) is 0. The van der Waals surface area contributed by atoms with Gasteiger partial charge in [0, 0.05) is 18.8 Å². The van der Waals surface area contributed by atoms with Gasteiger partial charge in [-0.3, -0.25) is 9.59 Å². The molecule has 0 atom stereocenters. The highest BCUT2D eigenvalue weighted by atomic mass is 32.2. The monoisotopic (exact) mass is 422 g/mol. The van der Waals surface area contributed by atoms with Crippen molar-refractivity contribution in [3.05, 3.63) is 29.3 Å². The van der Waals surface area contributed by atoms with Gasteiger partial charge in [0.2, 0.25) is 0 Å². The third-order valence-electron chi connectivity index (χ3n) is 4.68. The van der Waals surface area contributed by atoms with Crippen molar-refractivity contribution in [1.82, 2.24) is 4.90 Å². The molecule has 5 nitrogen and oxygen atoms in total. The highest BCUT2D eigenvalue weighted by Gasteiger charge is 2.19. The molecule has 7 heteroatoms. The molecule has 0 aromatic heterocycles. The van der Waals surface area contributed by atoms with E-state index in [9.17, 15) is 9.59 Å². The van der Waals surface area contributed by atoms with Crippen LogP contribution < -0.4 is 5.32 Å². The number of rotatable bonds is 7. The third-order valence-corrected chi connectivity index (χ3v) is 6.18. The van der Waals surface area contributed by atoms with Crippen LogP contribution in [0.4, 0.5) is 5.69 Å². The molecule has 0 unspecified atom stereocenters. The Kier molecular flexibility index (Phi) is 8.76. The molecular formula is C21H30N2O3S2.